The van der Waals surface area contributed by atoms with Gasteiger partial charge in [-0.25, -0.2) is 9.78 Å². The summed E-state index contributed by atoms with van der Waals surface area (Å²) in [6.45, 7) is 0. The van der Waals surface area contributed by atoms with Gasteiger partial charge in [-0.15, -0.1) is 0 Å². The van der Waals surface area contributed by atoms with Crippen LogP contribution in [0.1, 0.15) is 21.5 Å². The van der Waals surface area contributed by atoms with Gasteiger partial charge in [0.2, 0.25) is 5.89 Å². The summed E-state index contributed by atoms with van der Waals surface area (Å²) in [4.78, 5) is 15.4. The molecule has 0 fully saturated rings. The number of carboxylic acids is 1. The van der Waals surface area contributed by atoms with Crippen LogP contribution < -0.4 is 0 Å². The Balaban J connectivity index is 1.52. The van der Waals surface area contributed by atoms with Crippen molar-refractivity contribution in [2.45, 2.75) is 0 Å². The van der Waals surface area contributed by atoms with Crippen LogP contribution in [-0.2, 0) is 0 Å². The molecule has 0 bridgehead atoms. The van der Waals surface area contributed by atoms with Gasteiger partial charge in [-0.2, -0.15) is 0 Å². The van der Waals surface area contributed by atoms with Gasteiger partial charge in [0.25, 0.3) is 0 Å². The highest BCUT2D eigenvalue weighted by atomic mass is 16.4. The summed E-state index contributed by atoms with van der Waals surface area (Å²) in [5.41, 5.74) is 4.80. The lowest BCUT2D eigenvalue weighted by atomic mass is 10.1. The summed E-state index contributed by atoms with van der Waals surface area (Å²) >= 11 is 0. The van der Waals surface area contributed by atoms with E-state index in [1.54, 1.807) is 24.3 Å². The van der Waals surface area contributed by atoms with Crippen LogP contribution in [0.4, 0.5) is 0 Å². The van der Waals surface area contributed by atoms with Gasteiger partial charge in [0.1, 0.15) is 5.52 Å². The second kappa shape index (κ2) is 6.69. The van der Waals surface area contributed by atoms with E-state index in [4.69, 9.17) is 9.52 Å². The Labute approximate surface area is 150 Å². The lowest BCUT2D eigenvalue weighted by molar-refractivity contribution is 0.0697. The molecule has 0 aliphatic heterocycles. The Hall–Kier alpha value is -3.66. The molecule has 0 saturated carbocycles. The highest BCUT2D eigenvalue weighted by Gasteiger charge is 2.07. The Morgan fingerprint density at radius 3 is 2.08 bits per heavy atom. The fraction of sp³-hybridized carbons (Fsp3) is 0. The first-order valence-electron chi connectivity index (χ1n) is 8.16. The molecule has 126 valence electrons. The molecule has 0 atom stereocenters. The first-order valence-corrected chi connectivity index (χ1v) is 8.16. The normalized spacial score (nSPS) is 11.2. The third-order valence-corrected chi connectivity index (χ3v) is 4.08. The molecule has 26 heavy (non-hydrogen) atoms. The minimum absolute atomic E-state index is 0.282. The second-order valence-electron chi connectivity index (χ2n) is 5.87. The summed E-state index contributed by atoms with van der Waals surface area (Å²) in [5, 5.41) is 8.92. The lowest BCUT2D eigenvalue weighted by Crippen LogP contribution is -1.94. The van der Waals surface area contributed by atoms with Crippen LogP contribution in [0.2, 0.25) is 0 Å². The zero-order valence-corrected chi connectivity index (χ0v) is 13.8. The van der Waals surface area contributed by atoms with Gasteiger partial charge in [-0.1, -0.05) is 48.6 Å². The Morgan fingerprint density at radius 2 is 1.46 bits per heavy atom. The number of oxazole rings is 1. The van der Waals surface area contributed by atoms with Crippen molar-refractivity contribution < 1.29 is 14.3 Å². The number of fused-ring (bicyclic) bond motifs is 1. The summed E-state index contributed by atoms with van der Waals surface area (Å²) in [5.74, 6) is -0.318. The van der Waals surface area contributed by atoms with Crippen molar-refractivity contribution in [2.24, 2.45) is 0 Å². The van der Waals surface area contributed by atoms with Crippen LogP contribution in [0.25, 0.3) is 34.7 Å². The molecule has 0 radical (unpaired) electrons. The molecular weight excluding hydrogens is 326 g/mol. The van der Waals surface area contributed by atoms with Gasteiger partial charge in [0.15, 0.2) is 5.58 Å². The molecule has 3 aromatic carbocycles. The molecule has 0 saturated heterocycles. The highest BCUT2D eigenvalue weighted by molar-refractivity contribution is 5.88. The zero-order chi connectivity index (χ0) is 17.9. The van der Waals surface area contributed by atoms with E-state index in [0.29, 0.717) is 5.89 Å². The van der Waals surface area contributed by atoms with Gasteiger partial charge in [0, 0.05) is 5.56 Å². The fourth-order valence-electron chi connectivity index (χ4n) is 2.66. The average molecular weight is 341 g/mol. The predicted octanol–water partition coefficient (Wildman–Crippen LogP) is 5.36. The van der Waals surface area contributed by atoms with Crippen LogP contribution in [0.3, 0.4) is 0 Å². The Bertz CT molecular complexity index is 1060. The second-order valence-corrected chi connectivity index (χ2v) is 5.87. The van der Waals surface area contributed by atoms with E-state index >= 15 is 0 Å². The first-order chi connectivity index (χ1) is 12.7. The third-order valence-electron chi connectivity index (χ3n) is 4.08. The quantitative estimate of drug-likeness (QED) is 0.507. The van der Waals surface area contributed by atoms with Gasteiger partial charge in [-0.05, 0) is 47.5 Å². The fourth-order valence-corrected chi connectivity index (χ4v) is 2.66. The minimum atomic E-state index is -0.921. The summed E-state index contributed by atoms with van der Waals surface area (Å²) < 4.78 is 5.78. The van der Waals surface area contributed by atoms with Gasteiger partial charge >= 0.3 is 5.97 Å². The van der Waals surface area contributed by atoms with Gasteiger partial charge in [0.05, 0.1) is 5.56 Å². The molecule has 1 N–H and O–H groups in total. The Kier molecular flexibility index (Phi) is 4.07. The van der Waals surface area contributed by atoms with Crippen molar-refractivity contribution in [1.82, 2.24) is 4.98 Å². The van der Waals surface area contributed by atoms with Crippen LogP contribution in [0, 0.1) is 0 Å². The Morgan fingerprint density at radius 1 is 0.846 bits per heavy atom. The zero-order valence-electron chi connectivity index (χ0n) is 13.8. The van der Waals surface area contributed by atoms with E-state index in [9.17, 15) is 4.79 Å². The molecule has 0 spiro atoms. The number of para-hydroxylation sites is 2. The van der Waals surface area contributed by atoms with Crippen molar-refractivity contribution >= 4 is 29.2 Å². The van der Waals surface area contributed by atoms with E-state index in [2.05, 4.69) is 4.98 Å². The highest BCUT2D eigenvalue weighted by Crippen LogP contribution is 2.24. The minimum Gasteiger partial charge on any atom is -0.478 e. The van der Waals surface area contributed by atoms with Crippen LogP contribution in [-0.4, -0.2) is 16.1 Å². The standard InChI is InChI=1S/C22H15NO3/c24-22(25)18-13-9-16(10-14-18)6-5-15-7-11-17(12-8-15)21-23-19-3-1-2-4-20(19)26-21/h1-14H,(H,24,25)/b6-5+. The van der Waals surface area contributed by atoms with E-state index in [1.807, 2.05) is 60.7 Å². The van der Waals surface area contributed by atoms with Crippen molar-refractivity contribution in [3.05, 3.63) is 89.5 Å². The first kappa shape index (κ1) is 15.8. The third kappa shape index (κ3) is 3.26. The van der Waals surface area contributed by atoms with Crippen LogP contribution in [0.15, 0.2) is 77.2 Å². The average Bonchev–Trinajstić information content (AvgIpc) is 3.11. The number of hydrogen-bond donors (Lipinski definition) is 1. The van der Waals surface area contributed by atoms with Gasteiger partial charge in [-0.3, -0.25) is 0 Å². The maximum atomic E-state index is 10.9. The summed E-state index contributed by atoms with van der Waals surface area (Å²) in [6, 6.07) is 22.4. The molecule has 4 nitrogen and oxygen atoms in total. The summed E-state index contributed by atoms with van der Waals surface area (Å²) in [7, 11) is 0. The molecule has 4 aromatic rings. The molecule has 4 rings (SSSR count). The molecule has 0 aliphatic carbocycles. The number of benzene rings is 3. The van der Waals surface area contributed by atoms with Crippen molar-refractivity contribution in [2.75, 3.05) is 0 Å². The monoisotopic (exact) mass is 341 g/mol. The number of aromatic nitrogens is 1. The maximum Gasteiger partial charge on any atom is 0.335 e. The van der Waals surface area contributed by atoms with Crippen LogP contribution in [0.5, 0.6) is 0 Å². The molecule has 4 heteroatoms. The van der Waals surface area contributed by atoms with E-state index < -0.39 is 5.97 Å². The van der Waals surface area contributed by atoms with Crippen molar-refractivity contribution in [1.29, 1.82) is 0 Å². The molecule has 1 heterocycles. The number of aromatic carboxylic acids is 1. The molecule has 0 amide bonds. The lowest BCUT2D eigenvalue weighted by Gasteiger charge is -1.98. The van der Waals surface area contributed by atoms with E-state index in [-0.39, 0.29) is 5.56 Å². The summed E-state index contributed by atoms with van der Waals surface area (Å²) in [6.07, 6.45) is 3.92. The van der Waals surface area contributed by atoms with E-state index in [1.165, 1.54) is 0 Å². The van der Waals surface area contributed by atoms with Crippen molar-refractivity contribution in [3.8, 4) is 11.5 Å². The van der Waals surface area contributed by atoms with E-state index in [0.717, 1.165) is 27.8 Å². The number of carbonyl (C=O) groups is 1. The largest absolute Gasteiger partial charge is 0.478 e. The number of carboxylic acid groups (broad SMARTS) is 1. The molecule has 1 aromatic heterocycles. The number of hydrogen-bond acceptors (Lipinski definition) is 3. The topological polar surface area (TPSA) is 63.3 Å². The molecule has 0 aliphatic rings. The SMILES string of the molecule is O=C(O)c1ccc(/C=C/c2ccc(-c3nc4ccccc4o3)cc2)cc1. The maximum absolute atomic E-state index is 10.9. The van der Waals surface area contributed by atoms with Crippen molar-refractivity contribution in [3.63, 3.8) is 0 Å². The predicted molar refractivity (Wildman–Crippen MR) is 102 cm³/mol. The molecular formula is C22H15NO3. The number of rotatable bonds is 4. The van der Waals surface area contributed by atoms with Crippen LogP contribution >= 0.6 is 0 Å². The van der Waals surface area contributed by atoms with Gasteiger partial charge < -0.3 is 9.52 Å². The molecule has 0 unspecified atom stereocenters. The number of nitrogens with zero attached hydrogens (tertiary/aromatic N) is 1. The smallest absolute Gasteiger partial charge is 0.335 e.